The molecule has 1 aromatic carbocycles. The molecule has 23 heavy (non-hydrogen) atoms. The molecule has 0 bridgehead atoms. The van der Waals surface area contributed by atoms with Gasteiger partial charge in [-0.05, 0) is 30.2 Å². The Bertz CT molecular complexity index is 757. The van der Waals surface area contributed by atoms with E-state index in [4.69, 9.17) is 27.9 Å². The minimum atomic E-state index is -0.559. The molecule has 0 amide bonds. The van der Waals surface area contributed by atoms with E-state index in [2.05, 4.69) is 11.1 Å². The molecule has 0 fully saturated rings. The molecule has 2 atom stereocenters. The molecule has 0 N–H and O–H groups in total. The molecule has 1 heterocycles. The van der Waals surface area contributed by atoms with Crippen molar-refractivity contribution in [2.24, 2.45) is 4.99 Å². The molecule has 1 aliphatic carbocycles. The lowest BCUT2D eigenvalue weighted by atomic mass is 9.90. The lowest BCUT2D eigenvalue weighted by molar-refractivity contribution is 0.401. The molecule has 1 aromatic rings. The lowest BCUT2D eigenvalue weighted by Crippen LogP contribution is -2.20. The van der Waals surface area contributed by atoms with Gasteiger partial charge in [0.25, 0.3) is 0 Å². The van der Waals surface area contributed by atoms with Gasteiger partial charge in [-0.3, -0.25) is 4.99 Å². The van der Waals surface area contributed by atoms with E-state index in [1.807, 2.05) is 42.5 Å². The molecule has 3 rings (SSSR count). The highest BCUT2D eigenvalue weighted by atomic mass is 35.5. The molecule has 1 aliphatic heterocycles. The van der Waals surface area contributed by atoms with Crippen molar-refractivity contribution in [1.82, 2.24) is 0 Å². The monoisotopic (exact) mass is 344 g/mol. The highest BCUT2D eigenvalue weighted by molar-refractivity contribution is 6.32. The highest BCUT2D eigenvalue weighted by Crippen LogP contribution is 2.35. The smallest absolute Gasteiger partial charge is 0.149 e. The number of nitriles is 1. The molecular formula is C18H14Cl2N2O. The Balaban J connectivity index is 1.84. The Hall–Kier alpha value is -2.02. The van der Waals surface area contributed by atoms with Crippen LogP contribution in [0, 0.1) is 11.3 Å². The zero-order valence-electron chi connectivity index (χ0n) is 12.2. The molecular weight excluding hydrogens is 331 g/mol. The second kappa shape index (κ2) is 7.04. The van der Waals surface area contributed by atoms with E-state index < -0.39 is 10.9 Å². The number of aliphatic imine (C=N–C) groups is 1. The number of halogens is 2. The number of hydrogen-bond donors (Lipinski definition) is 0. The maximum Gasteiger partial charge on any atom is 0.149 e. The summed E-state index contributed by atoms with van der Waals surface area (Å²) >= 11 is 12.4. The normalized spacial score (nSPS) is 23.9. The van der Waals surface area contributed by atoms with Gasteiger partial charge in [-0.2, -0.15) is 5.26 Å². The van der Waals surface area contributed by atoms with Crippen molar-refractivity contribution < 1.29 is 4.74 Å². The van der Waals surface area contributed by atoms with Crippen LogP contribution in [-0.2, 0) is 0 Å². The maximum atomic E-state index is 9.35. The summed E-state index contributed by atoms with van der Waals surface area (Å²) in [4.78, 5) is 4.16. The summed E-state index contributed by atoms with van der Waals surface area (Å²) in [6.45, 7) is 0. The van der Waals surface area contributed by atoms with E-state index in [0.29, 0.717) is 5.57 Å². The first-order chi connectivity index (χ1) is 11.2. The van der Waals surface area contributed by atoms with Crippen LogP contribution < -0.4 is 4.74 Å². The quantitative estimate of drug-likeness (QED) is 0.586. The minimum absolute atomic E-state index is 0.480. The minimum Gasteiger partial charge on any atom is -0.462 e. The van der Waals surface area contributed by atoms with Crippen molar-refractivity contribution >= 4 is 29.4 Å². The Morgan fingerprint density at radius 3 is 2.57 bits per heavy atom. The van der Waals surface area contributed by atoms with Gasteiger partial charge in [0.2, 0.25) is 0 Å². The average molecular weight is 345 g/mol. The predicted molar refractivity (Wildman–Crippen MR) is 92.9 cm³/mol. The summed E-state index contributed by atoms with van der Waals surface area (Å²) in [6, 6.07) is 11.8. The van der Waals surface area contributed by atoms with E-state index in [0.717, 1.165) is 35.5 Å². The van der Waals surface area contributed by atoms with Crippen LogP contribution in [0.1, 0.15) is 12.8 Å². The van der Waals surface area contributed by atoms with Crippen molar-refractivity contribution in [3.8, 4) is 11.8 Å². The number of hydrogen-bond acceptors (Lipinski definition) is 3. The Morgan fingerprint density at radius 1 is 1.13 bits per heavy atom. The summed E-state index contributed by atoms with van der Waals surface area (Å²) < 4.78 is 5.84. The SMILES string of the molecule is N#CC1=C(C2=CC=C(Oc3ccccc3)CC2)C(Cl)N=CC1Cl. The third-order valence-corrected chi connectivity index (χ3v) is 4.38. The number of dihydropyridines is 1. The molecule has 5 heteroatoms. The maximum absolute atomic E-state index is 9.35. The fourth-order valence-electron chi connectivity index (χ4n) is 2.59. The van der Waals surface area contributed by atoms with Crippen molar-refractivity contribution in [2.75, 3.05) is 0 Å². The van der Waals surface area contributed by atoms with Gasteiger partial charge >= 0.3 is 0 Å². The number of rotatable bonds is 3. The predicted octanol–water partition coefficient (Wildman–Crippen LogP) is 4.75. The first-order valence-corrected chi connectivity index (χ1v) is 8.15. The highest BCUT2D eigenvalue weighted by Gasteiger charge is 2.27. The topological polar surface area (TPSA) is 45.4 Å². The van der Waals surface area contributed by atoms with Gasteiger partial charge in [0, 0.05) is 18.2 Å². The Kier molecular flexibility index (Phi) is 4.85. The van der Waals surface area contributed by atoms with Crippen LogP contribution in [0.4, 0.5) is 0 Å². The number of para-hydroxylation sites is 1. The summed E-state index contributed by atoms with van der Waals surface area (Å²) in [5.41, 5.74) is 1.64. The number of alkyl halides is 2. The van der Waals surface area contributed by atoms with Crippen molar-refractivity contribution in [2.45, 2.75) is 23.7 Å². The van der Waals surface area contributed by atoms with E-state index in [9.17, 15) is 5.26 Å². The van der Waals surface area contributed by atoms with E-state index in [1.54, 1.807) is 0 Å². The third kappa shape index (κ3) is 3.50. The molecule has 116 valence electrons. The third-order valence-electron chi connectivity index (χ3n) is 3.72. The first kappa shape index (κ1) is 15.9. The Morgan fingerprint density at radius 2 is 1.91 bits per heavy atom. The number of allylic oxidation sites excluding steroid dienone is 4. The Labute approximate surface area is 145 Å². The van der Waals surface area contributed by atoms with Gasteiger partial charge in [-0.15, -0.1) is 11.6 Å². The zero-order valence-corrected chi connectivity index (χ0v) is 13.8. The van der Waals surface area contributed by atoms with Gasteiger partial charge < -0.3 is 4.74 Å². The van der Waals surface area contributed by atoms with Gasteiger partial charge in [0.15, 0.2) is 0 Å². The van der Waals surface area contributed by atoms with E-state index in [1.165, 1.54) is 6.21 Å². The molecule has 0 saturated heterocycles. The van der Waals surface area contributed by atoms with Crippen LogP contribution in [0.2, 0.25) is 0 Å². The van der Waals surface area contributed by atoms with Gasteiger partial charge in [-0.25, -0.2) is 0 Å². The lowest BCUT2D eigenvalue weighted by Gasteiger charge is -2.24. The molecule has 2 unspecified atom stereocenters. The summed E-state index contributed by atoms with van der Waals surface area (Å²) in [7, 11) is 0. The van der Waals surface area contributed by atoms with Crippen LogP contribution in [0.5, 0.6) is 5.75 Å². The van der Waals surface area contributed by atoms with Crippen LogP contribution in [0.3, 0.4) is 0 Å². The van der Waals surface area contributed by atoms with Gasteiger partial charge in [0.1, 0.15) is 22.4 Å². The van der Waals surface area contributed by atoms with Crippen LogP contribution in [-0.4, -0.2) is 17.1 Å². The number of nitrogens with zero attached hydrogens (tertiary/aromatic N) is 2. The van der Waals surface area contributed by atoms with Crippen LogP contribution >= 0.6 is 23.2 Å². The van der Waals surface area contributed by atoms with Gasteiger partial charge in [-0.1, -0.05) is 35.9 Å². The van der Waals surface area contributed by atoms with E-state index >= 15 is 0 Å². The first-order valence-electron chi connectivity index (χ1n) is 7.27. The van der Waals surface area contributed by atoms with Crippen molar-refractivity contribution in [3.63, 3.8) is 0 Å². The molecule has 2 aliphatic rings. The number of benzene rings is 1. The molecule has 0 saturated carbocycles. The second-order valence-corrected chi connectivity index (χ2v) is 6.10. The van der Waals surface area contributed by atoms with Crippen molar-refractivity contribution in [1.29, 1.82) is 5.26 Å². The summed E-state index contributed by atoms with van der Waals surface area (Å²) in [5, 5.41) is 8.83. The van der Waals surface area contributed by atoms with Crippen molar-refractivity contribution in [3.05, 3.63) is 65.0 Å². The number of ether oxygens (including phenoxy) is 1. The molecule has 0 aromatic heterocycles. The molecule has 3 nitrogen and oxygen atoms in total. The van der Waals surface area contributed by atoms with E-state index in [-0.39, 0.29) is 0 Å². The fourth-order valence-corrected chi connectivity index (χ4v) is 3.15. The second-order valence-electron chi connectivity index (χ2n) is 5.21. The molecule has 0 spiro atoms. The standard InChI is InChI=1S/C18H14Cl2N2O/c19-16-11-22-18(20)17(15(16)10-21)12-6-8-14(9-7-12)23-13-4-2-1-3-5-13/h1-6,8,11,16,18H,7,9H2. The summed E-state index contributed by atoms with van der Waals surface area (Å²) in [6.07, 6.45) is 6.85. The fraction of sp³-hybridized carbons (Fsp3) is 0.222. The van der Waals surface area contributed by atoms with Crippen LogP contribution in [0.25, 0.3) is 0 Å². The summed E-state index contributed by atoms with van der Waals surface area (Å²) in [5.74, 6) is 1.69. The van der Waals surface area contributed by atoms with Gasteiger partial charge in [0.05, 0.1) is 11.6 Å². The van der Waals surface area contributed by atoms with Crippen LogP contribution in [0.15, 0.2) is 70.0 Å². The largest absolute Gasteiger partial charge is 0.462 e. The zero-order chi connectivity index (χ0) is 16.2. The average Bonchev–Trinajstić information content (AvgIpc) is 2.58. The molecule has 0 radical (unpaired) electrons.